The van der Waals surface area contributed by atoms with Crippen molar-refractivity contribution in [3.63, 3.8) is 0 Å². The van der Waals surface area contributed by atoms with Gasteiger partial charge in [-0.25, -0.2) is 0 Å². The van der Waals surface area contributed by atoms with Gasteiger partial charge in [0, 0.05) is 20.6 Å². The Morgan fingerprint density at radius 2 is 2.38 bits per heavy atom. The second-order valence-electron chi connectivity index (χ2n) is 2.86. The zero-order valence-corrected chi connectivity index (χ0v) is 9.74. The normalized spacial score (nSPS) is 10.3. The summed E-state index contributed by atoms with van der Waals surface area (Å²) in [6, 6.07) is 2.07. The maximum Gasteiger partial charge on any atom is 0.303 e. The zero-order chi connectivity index (χ0) is 9.84. The topological polar surface area (TPSA) is 37.3 Å². The summed E-state index contributed by atoms with van der Waals surface area (Å²) in [4.78, 5) is 12.8. The number of halogens is 1. The van der Waals surface area contributed by atoms with Gasteiger partial charge in [-0.2, -0.15) is 0 Å². The standard InChI is InChI=1S/C9H11BrO2S/c1-6-8(10)5-7(13-6)3-2-4-9(11)12/h5H,2-4H2,1H3,(H,11,12). The summed E-state index contributed by atoms with van der Waals surface area (Å²) in [7, 11) is 0. The average molecular weight is 263 g/mol. The van der Waals surface area contributed by atoms with E-state index in [0.717, 1.165) is 17.3 Å². The lowest BCUT2D eigenvalue weighted by atomic mass is 10.2. The van der Waals surface area contributed by atoms with Crippen LogP contribution in [-0.4, -0.2) is 11.1 Å². The van der Waals surface area contributed by atoms with Crippen molar-refractivity contribution < 1.29 is 9.90 Å². The SMILES string of the molecule is Cc1sc(CCCC(=O)O)cc1Br. The fraction of sp³-hybridized carbons (Fsp3) is 0.444. The molecule has 13 heavy (non-hydrogen) atoms. The monoisotopic (exact) mass is 262 g/mol. The summed E-state index contributed by atoms with van der Waals surface area (Å²) in [5.74, 6) is -0.715. The van der Waals surface area contributed by atoms with Gasteiger partial charge in [0.05, 0.1) is 0 Å². The smallest absolute Gasteiger partial charge is 0.303 e. The van der Waals surface area contributed by atoms with Gasteiger partial charge in [-0.15, -0.1) is 11.3 Å². The molecular weight excluding hydrogens is 252 g/mol. The summed E-state index contributed by atoms with van der Waals surface area (Å²) in [6.45, 7) is 2.05. The molecule has 72 valence electrons. The molecule has 1 N–H and O–H groups in total. The molecule has 0 fully saturated rings. The van der Waals surface area contributed by atoms with Crippen LogP contribution in [0, 0.1) is 6.92 Å². The first kappa shape index (κ1) is 10.7. The maximum atomic E-state index is 10.3. The van der Waals surface area contributed by atoms with Crippen LogP contribution in [-0.2, 0) is 11.2 Å². The summed E-state index contributed by atoms with van der Waals surface area (Å²) in [5, 5.41) is 8.45. The second-order valence-corrected chi connectivity index (χ2v) is 5.06. The molecule has 0 bridgehead atoms. The molecule has 2 nitrogen and oxygen atoms in total. The Labute approximate surface area is 89.7 Å². The van der Waals surface area contributed by atoms with Crippen molar-refractivity contribution in [3.8, 4) is 0 Å². The lowest BCUT2D eigenvalue weighted by Gasteiger charge is -1.93. The molecule has 0 unspecified atom stereocenters. The van der Waals surface area contributed by atoms with Crippen LogP contribution in [0.2, 0.25) is 0 Å². The zero-order valence-electron chi connectivity index (χ0n) is 7.34. The molecule has 1 heterocycles. The number of carboxylic acids is 1. The van der Waals surface area contributed by atoms with Crippen LogP contribution in [0.4, 0.5) is 0 Å². The third-order valence-electron chi connectivity index (χ3n) is 1.72. The number of carbonyl (C=O) groups is 1. The lowest BCUT2D eigenvalue weighted by molar-refractivity contribution is -0.137. The van der Waals surface area contributed by atoms with E-state index in [-0.39, 0.29) is 6.42 Å². The first-order valence-corrected chi connectivity index (χ1v) is 5.67. The highest BCUT2D eigenvalue weighted by Crippen LogP contribution is 2.27. The first-order chi connectivity index (χ1) is 6.09. The number of aliphatic carboxylic acids is 1. The number of rotatable bonds is 4. The maximum absolute atomic E-state index is 10.3. The molecule has 1 rings (SSSR count). The van der Waals surface area contributed by atoms with Gasteiger partial charge in [0.1, 0.15) is 0 Å². The number of aryl methyl sites for hydroxylation is 2. The van der Waals surface area contributed by atoms with E-state index in [1.807, 2.05) is 0 Å². The molecule has 4 heteroatoms. The molecule has 0 saturated heterocycles. The Kier molecular flexibility index (Phi) is 3.93. The van der Waals surface area contributed by atoms with E-state index >= 15 is 0 Å². The minimum absolute atomic E-state index is 0.258. The van der Waals surface area contributed by atoms with Crippen molar-refractivity contribution in [1.29, 1.82) is 0 Å². The van der Waals surface area contributed by atoms with Crippen LogP contribution in [0.3, 0.4) is 0 Å². The van der Waals surface area contributed by atoms with Crippen LogP contribution in [0.25, 0.3) is 0 Å². The predicted molar refractivity (Wildman–Crippen MR) is 57.3 cm³/mol. The van der Waals surface area contributed by atoms with Gasteiger partial charge in [0.15, 0.2) is 0 Å². The minimum atomic E-state index is -0.715. The van der Waals surface area contributed by atoms with Gasteiger partial charge in [0.2, 0.25) is 0 Å². The Morgan fingerprint density at radius 1 is 1.69 bits per heavy atom. The molecule has 0 aliphatic heterocycles. The van der Waals surface area contributed by atoms with E-state index in [4.69, 9.17) is 5.11 Å². The highest BCUT2D eigenvalue weighted by molar-refractivity contribution is 9.10. The molecule has 1 aromatic heterocycles. The van der Waals surface area contributed by atoms with Crippen molar-refractivity contribution in [2.24, 2.45) is 0 Å². The number of carboxylic acid groups (broad SMARTS) is 1. The molecule has 0 amide bonds. The van der Waals surface area contributed by atoms with E-state index in [1.165, 1.54) is 9.75 Å². The first-order valence-electron chi connectivity index (χ1n) is 4.06. The molecule has 0 atom stereocenters. The van der Waals surface area contributed by atoms with Crippen molar-refractivity contribution in [2.45, 2.75) is 26.2 Å². The Bertz CT molecular complexity index is 287. The van der Waals surface area contributed by atoms with Crippen molar-refractivity contribution >= 4 is 33.2 Å². The summed E-state index contributed by atoms with van der Waals surface area (Å²) in [6.07, 6.45) is 1.85. The number of hydrogen-bond acceptors (Lipinski definition) is 2. The summed E-state index contributed by atoms with van der Waals surface area (Å²) < 4.78 is 1.13. The molecule has 0 radical (unpaired) electrons. The van der Waals surface area contributed by atoms with Gasteiger partial charge in [-0.3, -0.25) is 4.79 Å². The molecule has 0 spiro atoms. The Morgan fingerprint density at radius 3 is 2.85 bits per heavy atom. The highest BCUT2D eigenvalue weighted by atomic mass is 79.9. The van der Waals surface area contributed by atoms with Gasteiger partial charge < -0.3 is 5.11 Å². The van der Waals surface area contributed by atoms with E-state index in [9.17, 15) is 4.79 Å². The fourth-order valence-corrected chi connectivity index (χ4v) is 2.70. The minimum Gasteiger partial charge on any atom is -0.481 e. The largest absolute Gasteiger partial charge is 0.481 e. The van der Waals surface area contributed by atoms with Crippen LogP contribution in [0.15, 0.2) is 10.5 Å². The molecule has 0 saturated carbocycles. The highest BCUT2D eigenvalue weighted by Gasteiger charge is 2.03. The molecular formula is C9H11BrO2S. The van der Waals surface area contributed by atoms with Crippen molar-refractivity contribution in [1.82, 2.24) is 0 Å². The van der Waals surface area contributed by atoms with E-state index < -0.39 is 5.97 Å². The van der Waals surface area contributed by atoms with Gasteiger partial charge in [0.25, 0.3) is 0 Å². The van der Waals surface area contributed by atoms with Crippen molar-refractivity contribution in [3.05, 3.63) is 20.3 Å². The molecule has 0 aromatic carbocycles. The predicted octanol–water partition coefficient (Wildman–Crippen LogP) is 3.23. The van der Waals surface area contributed by atoms with Gasteiger partial charge in [-0.1, -0.05) is 0 Å². The molecule has 0 aliphatic rings. The second kappa shape index (κ2) is 4.77. The van der Waals surface area contributed by atoms with Crippen molar-refractivity contribution in [2.75, 3.05) is 0 Å². The van der Waals surface area contributed by atoms with E-state index in [1.54, 1.807) is 11.3 Å². The molecule has 0 aliphatic carbocycles. The summed E-state index contributed by atoms with van der Waals surface area (Å²) >= 11 is 5.16. The Balaban J connectivity index is 2.41. The van der Waals surface area contributed by atoms with Crippen LogP contribution in [0.5, 0.6) is 0 Å². The van der Waals surface area contributed by atoms with E-state index in [2.05, 4.69) is 28.9 Å². The number of thiophene rings is 1. The third kappa shape index (κ3) is 3.48. The number of hydrogen-bond donors (Lipinski definition) is 1. The average Bonchev–Trinajstić information content (AvgIpc) is 2.30. The van der Waals surface area contributed by atoms with Crippen LogP contribution in [0.1, 0.15) is 22.6 Å². The quantitative estimate of drug-likeness (QED) is 0.905. The van der Waals surface area contributed by atoms with Crippen LogP contribution < -0.4 is 0 Å². The van der Waals surface area contributed by atoms with Gasteiger partial charge in [-0.05, 0) is 41.8 Å². The molecule has 1 aromatic rings. The summed E-state index contributed by atoms with van der Waals surface area (Å²) in [5.41, 5.74) is 0. The fourth-order valence-electron chi connectivity index (χ4n) is 1.05. The van der Waals surface area contributed by atoms with E-state index in [0.29, 0.717) is 0 Å². The van der Waals surface area contributed by atoms with Crippen LogP contribution >= 0.6 is 27.3 Å². The Hall–Kier alpha value is -0.350. The third-order valence-corrected chi connectivity index (χ3v) is 3.92. The lowest BCUT2D eigenvalue weighted by Crippen LogP contribution is -1.94. The van der Waals surface area contributed by atoms with Gasteiger partial charge >= 0.3 is 5.97 Å².